The first-order valence-electron chi connectivity index (χ1n) is 14.9. The van der Waals surface area contributed by atoms with Crippen LogP contribution in [0, 0.1) is 23.4 Å². The Morgan fingerprint density at radius 1 is 0.718 bits per heavy atom. The zero-order chi connectivity index (χ0) is 27.6. The van der Waals surface area contributed by atoms with Crippen LogP contribution in [-0.4, -0.2) is 6.61 Å². The number of ether oxygens (including phenoxy) is 1. The summed E-state index contributed by atoms with van der Waals surface area (Å²) in [7, 11) is 0. The van der Waals surface area contributed by atoms with Crippen LogP contribution >= 0.6 is 0 Å². The van der Waals surface area contributed by atoms with Gasteiger partial charge in [-0.2, -0.15) is 0 Å². The topological polar surface area (TPSA) is 9.23 Å². The third kappa shape index (κ3) is 8.13. The van der Waals surface area contributed by atoms with Crippen molar-refractivity contribution in [2.24, 2.45) is 5.92 Å². The van der Waals surface area contributed by atoms with Gasteiger partial charge in [0.05, 0.1) is 6.61 Å². The normalized spacial score (nSPS) is 17.4. The van der Waals surface area contributed by atoms with Crippen LogP contribution in [0.4, 0.5) is 13.2 Å². The number of hydrogen-bond acceptors (Lipinski definition) is 1. The number of halogens is 3. The Morgan fingerprint density at radius 2 is 1.41 bits per heavy atom. The van der Waals surface area contributed by atoms with Crippen molar-refractivity contribution in [3.63, 3.8) is 0 Å². The first-order valence-corrected chi connectivity index (χ1v) is 14.9. The Labute approximate surface area is 232 Å². The minimum atomic E-state index is -0.697. The predicted octanol–water partition coefficient (Wildman–Crippen LogP) is 10.6. The molecule has 1 aliphatic rings. The molecule has 39 heavy (non-hydrogen) atoms. The van der Waals surface area contributed by atoms with E-state index < -0.39 is 11.6 Å². The summed E-state index contributed by atoms with van der Waals surface area (Å²) >= 11 is 0. The molecule has 0 N–H and O–H groups in total. The van der Waals surface area contributed by atoms with E-state index in [1.807, 2.05) is 30.3 Å². The van der Waals surface area contributed by atoms with Gasteiger partial charge < -0.3 is 4.74 Å². The Balaban J connectivity index is 1.29. The van der Waals surface area contributed by atoms with Crippen LogP contribution in [0.2, 0.25) is 0 Å². The van der Waals surface area contributed by atoms with Gasteiger partial charge >= 0.3 is 0 Å². The summed E-state index contributed by atoms with van der Waals surface area (Å²) in [5.41, 5.74) is 3.68. The van der Waals surface area contributed by atoms with Gasteiger partial charge in [0.1, 0.15) is 0 Å². The number of benzene rings is 3. The molecule has 3 aromatic carbocycles. The highest BCUT2D eigenvalue weighted by molar-refractivity contribution is 5.64. The lowest BCUT2D eigenvalue weighted by molar-refractivity contribution is 0.290. The second-order valence-corrected chi connectivity index (χ2v) is 11.4. The third-order valence-electron chi connectivity index (χ3n) is 8.31. The van der Waals surface area contributed by atoms with Crippen LogP contribution in [0.5, 0.6) is 5.75 Å². The molecule has 210 valence electrons. The van der Waals surface area contributed by atoms with Crippen molar-refractivity contribution < 1.29 is 17.9 Å². The molecule has 3 aromatic rings. The predicted molar refractivity (Wildman–Crippen MR) is 155 cm³/mol. The fourth-order valence-corrected chi connectivity index (χ4v) is 5.69. The molecular weight excluding hydrogens is 493 g/mol. The van der Waals surface area contributed by atoms with Crippen LogP contribution in [0.3, 0.4) is 0 Å². The van der Waals surface area contributed by atoms with E-state index in [4.69, 9.17) is 4.74 Å². The fourth-order valence-electron chi connectivity index (χ4n) is 5.69. The molecule has 1 aliphatic carbocycles. The lowest BCUT2D eigenvalue weighted by atomic mass is 9.79. The van der Waals surface area contributed by atoms with Crippen molar-refractivity contribution in [3.05, 3.63) is 88.7 Å². The van der Waals surface area contributed by atoms with Crippen molar-refractivity contribution in [2.75, 3.05) is 6.61 Å². The summed E-state index contributed by atoms with van der Waals surface area (Å²) in [6, 6.07) is 16.5. The van der Waals surface area contributed by atoms with E-state index in [0.717, 1.165) is 55.2 Å². The van der Waals surface area contributed by atoms with Crippen molar-refractivity contribution >= 4 is 0 Å². The zero-order valence-electron chi connectivity index (χ0n) is 23.6. The van der Waals surface area contributed by atoms with E-state index >= 15 is 0 Å². The smallest absolute Gasteiger partial charge is 0.165 e. The maximum Gasteiger partial charge on any atom is 0.165 e. The highest BCUT2D eigenvalue weighted by Crippen LogP contribution is 2.37. The first-order chi connectivity index (χ1) is 19.0. The minimum Gasteiger partial charge on any atom is -0.491 e. The summed E-state index contributed by atoms with van der Waals surface area (Å²) in [5.74, 6) is -0.621. The van der Waals surface area contributed by atoms with Gasteiger partial charge in [0.15, 0.2) is 23.2 Å². The lowest BCUT2D eigenvalue weighted by Gasteiger charge is -2.27. The van der Waals surface area contributed by atoms with E-state index in [1.165, 1.54) is 31.7 Å². The monoisotopic (exact) mass is 536 g/mol. The van der Waals surface area contributed by atoms with Gasteiger partial charge in [-0.15, -0.1) is 0 Å². The minimum absolute atomic E-state index is 0.128. The van der Waals surface area contributed by atoms with Gasteiger partial charge in [-0.25, -0.2) is 13.2 Å². The standard InChI is InChI=1S/C35H43F3O/c1-3-4-5-6-7-8-23-39-33-22-20-30(24-32(33)36)27-16-11-26(12-17-27)13-18-29-19-21-31(35(38)34(29)37)28-14-9-25(2)10-15-28/h11-12,16-17,19-22,24-25,28H,3-10,13-15,18,23H2,1-2H3. The molecule has 0 bridgehead atoms. The molecular formula is C35H43F3O. The zero-order valence-corrected chi connectivity index (χ0v) is 23.6. The Bertz CT molecular complexity index is 1180. The second-order valence-electron chi connectivity index (χ2n) is 11.4. The molecule has 0 atom stereocenters. The maximum atomic E-state index is 14.9. The highest BCUT2D eigenvalue weighted by atomic mass is 19.2. The van der Waals surface area contributed by atoms with Crippen LogP contribution in [0.25, 0.3) is 11.1 Å². The molecule has 0 heterocycles. The Morgan fingerprint density at radius 3 is 2.13 bits per heavy atom. The van der Waals surface area contributed by atoms with E-state index in [2.05, 4.69) is 13.8 Å². The van der Waals surface area contributed by atoms with Crippen LogP contribution < -0.4 is 4.74 Å². The molecule has 0 aromatic heterocycles. The van der Waals surface area contributed by atoms with Crippen molar-refractivity contribution in [2.45, 2.75) is 96.8 Å². The fraction of sp³-hybridized carbons (Fsp3) is 0.486. The Hall–Kier alpha value is -2.75. The summed E-state index contributed by atoms with van der Waals surface area (Å²) in [6.07, 6.45) is 12.1. The summed E-state index contributed by atoms with van der Waals surface area (Å²) in [5, 5.41) is 0. The van der Waals surface area contributed by atoms with E-state index in [1.54, 1.807) is 18.2 Å². The lowest BCUT2D eigenvalue weighted by Crippen LogP contribution is -2.13. The molecule has 0 aliphatic heterocycles. The second kappa shape index (κ2) is 14.6. The average molecular weight is 537 g/mol. The number of unbranched alkanes of at least 4 members (excludes halogenated alkanes) is 5. The van der Waals surface area contributed by atoms with Crippen molar-refractivity contribution in [1.29, 1.82) is 0 Å². The van der Waals surface area contributed by atoms with Crippen LogP contribution in [0.1, 0.15) is 101 Å². The first kappa shape index (κ1) is 29.2. The maximum absolute atomic E-state index is 14.9. The molecule has 1 fully saturated rings. The van der Waals surface area contributed by atoms with Gasteiger partial charge in [-0.05, 0) is 83.9 Å². The van der Waals surface area contributed by atoms with Gasteiger partial charge in [0.25, 0.3) is 0 Å². The molecule has 1 saturated carbocycles. The molecule has 0 spiro atoms. The number of rotatable bonds is 13. The summed E-state index contributed by atoms with van der Waals surface area (Å²) < 4.78 is 50.1. The molecule has 0 unspecified atom stereocenters. The van der Waals surface area contributed by atoms with Crippen molar-refractivity contribution in [3.8, 4) is 16.9 Å². The third-order valence-corrected chi connectivity index (χ3v) is 8.31. The van der Waals surface area contributed by atoms with E-state index in [0.29, 0.717) is 42.2 Å². The largest absolute Gasteiger partial charge is 0.491 e. The van der Waals surface area contributed by atoms with Crippen LogP contribution in [-0.2, 0) is 12.8 Å². The highest BCUT2D eigenvalue weighted by Gasteiger charge is 2.24. The molecule has 0 amide bonds. The van der Waals surface area contributed by atoms with E-state index in [-0.39, 0.29) is 11.7 Å². The number of hydrogen-bond donors (Lipinski definition) is 0. The van der Waals surface area contributed by atoms with Gasteiger partial charge in [0, 0.05) is 0 Å². The quantitative estimate of drug-likeness (QED) is 0.197. The molecule has 0 radical (unpaired) electrons. The van der Waals surface area contributed by atoms with Crippen molar-refractivity contribution in [1.82, 2.24) is 0 Å². The Kier molecular flexibility index (Phi) is 10.9. The molecule has 1 nitrogen and oxygen atoms in total. The summed E-state index contributed by atoms with van der Waals surface area (Å²) in [6.45, 7) is 4.96. The van der Waals surface area contributed by atoms with Crippen LogP contribution in [0.15, 0.2) is 54.6 Å². The molecule has 0 saturated heterocycles. The molecule has 4 rings (SSSR count). The van der Waals surface area contributed by atoms with Gasteiger partial charge in [-0.3, -0.25) is 0 Å². The molecule has 4 heteroatoms. The van der Waals surface area contributed by atoms with Gasteiger partial charge in [-0.1, -0.05) is 101 Å². The van der Waals surface area contributed by atoms with Gasteiger partial charge in [0.2, 0.25) is 0 Å². The SMILES string of the molecule is CCCCCCCCOc1ccc(-c2ccc(CCc3ccc(C4CCC(C)CC4)c(F)c3F)cc2)cc1F. The number of aryl methyl sites for hydroxylation is 2. The van der Waals surface area contributed by atoms with E-state index in [9.17, 15) is 13.2 Å². The summed E-state index contributed by atoms with van der Waals surface area (Å²) in [4.78, 5) is 0. The average Bonchev–Trinajstić information content (AvgIpc) is 2.95.